The van der Waals surface area contributed by atoms with Gasteiger partial charge in [0, 0.05) is 6.54 Å². The van der Waals surface area contributed by atoms with Crippen LogP contribution in [0.3, 0.4) is 0 Å². The molecular formula is C18H22N2O5S. The number of nitrogens with one attached hydrogen (secondary N) is 1. The van der Waals surface area contributed by atoms with Gasteiger partial charge in [0.25, 0.3) is 5.91 Å². The van der Waals surface area contributed by atoms with Gasteiger partial charge in [-0.3, -0.25) is 9.10 Å². The van der Waals surface area contributed by atoms with E-state index in [1.807, 2.05) is 0 Å². The Morgan fingerprint density at radius 1 is 1.04 bits per heavy atom. The zero-order valence-electron chi connectivity index (χ0n) is 14.7. The summed E-state index contributed by atoms with van der Waals surface area (Å²) in [5.74, 6) is 0.650. The maximum absolute atomic E-state index is 12.0. The number of hydrogen-bond acceptors (Lipinski definition) is 5. The zero-order chi connectivity index (χ0) is 19.0. The third kappa shape index (κ3) is 5.66. The number of para-hydroxylation sites is 3. The molecule has 0 heterocycles. The molecule has 8 heteroatoms. The average molecular weight is 378 g/mol. The van der Waals surface area contributed by atoms with Crippen molar-refractivity contribution in [3.05, 3.63) is 54.6 Å². The predicted molar refractivity (Wildman–Crippen MR) is 100 cm³/mol. The maximum Gasteiger partial charge on any atom is 0.258 e. The van der Waals surface area contributed by atoms with E-state index < -0.39 is 10.0 Å². The lowest BCUT2D eigenvalue weighted by atomic mass is 10.3. The Hall–Kier alpha value is -2.74. The highest BCUT2D eigenvalue weighted by molar-refractivity contribution is 7.92. The molecule has 0 unspecified atom stereocenters. The van der Waals surface area contributed by atoms with E-state index >= 15 is 0 Å². The molecule has 140 valence electrons. The molecule has 2 rings (SSSR count). The lowest BCUT2D eigenvalue weighted by molar-refractivity contribution is -0.123. The minimum Gasteiger partial charge on any atom is -0.493 e. The normalized spacial score (nSPS) is 10.8. The topological polar surface area (TPSA) is 84.9 Å². The van der Waals surface area contributed by atoms with Crippen LogP contribution in [0.15, 0.2) is 54.6 Å². The summed E-state index contributed by atoms with van der Waals surface area (Å²) in [6.45, 7) is 0.101. The summed E-state index contributed by atoms with van der Waals surface area (Å²) in [6, 6.07) is 15.7. The van der Waals surface area contributed by atoms with E-state index in [-0.39, 0.29) is 25.6 Å². The molecule has 0 aliphatic rings. The maximum atomic E-state index is 12.0. The molecule has 1 N–H and O–H groups in total. The summed E-state index contributed by atoms with van der Waals surface area (Å²) in [4.78, 5) is 11.9. The van der Waals surface area contributed by atoms with Crippen LogP contribution in [0, 0.1) is 0 Å². The summed E-state index contributed by atoms with van der Waals surface area (Å²) in [5.41, 5.74) is 0.550. The van der Waals surface area contributed by atoms with Gasteiger partial charge in [0.1, 0.15) is 0 Å². The van der Waals surface area contributed by atoms with Gasteiger partial charge < -0.3 is 14.8 Å². The van der Waals surface area contributed by atoms with Crippen LogP contribution in [0.2, 0.25) is 0 Å². The first-order valence-corrected chi connectivity index (χ1v) is 9.82. The van der Waals surface area contributed by atoms with Gasteiger partial charge >= 0.3 is 0 Å². The van der Waals surface area contributed by atoms with Crippen molar-refractivity contribution < 1.29 is 22.7 Å². The first-order chi connectivity index (χ1) is 12.4. The quantitative estimate of drug-likeness (QED) is 0.717. The Balaban J connectivity index is 1.86. The van der Waals surface area contributed by atoms with E-state index in [1.54, 1.807) is 54.6 Å². The number of sulfonamides is 1. The lowest BCUT2D eigenvalue weighted by Gasteiger charge is -2.22. The highest BCUT2D eigenvalue weighted by Gasteiger charge is 2.17. The number of nitrogens with zero attached hydrogens (tertiary/aromatic N) is 1. The Morgan fingerprint density at radius 3 is 2.27 bits per heavy atom. The number of carbonyl (C=O) groups is 1. The Bertz CT molecular complexity index is 824. The van der Waals surface area contributed by atoms with E-state index in [0.717, 1.165) is 6.26 Å². The van der Waals surface area contributed by atoms with Crippen LogP contribution in [-0.4, -0.2) is 47.4 Å². The van der Waals surface area contributed by atoms with Gasteiger partial charge in [0.2, 0.25) is 10.0 Å². The molecule has 0 aliphatic heterocycles. The van der Waals surface area contributed by atoms with Gasteiger partial charge in [-0.25, -0.2) is 8.42 Å². The Kier molecular flexibility index (Phi) is 6.85. The Labute approximate surface area is 153 Å². The second kappa shape index (κ2) is 9.10. The molecule has 0 saturated carbocycles. The third-order valence-corrected chi connectivity index (χ3v) is 4.70. The largest absolute Gasteiger partial charge is 0.493 e. The van der Waals surface area contributed by atoms with Crippen molar-refractivity contribution in [2.75, 3.05) is 37.4 Å². The number of hydrogen-bond donors (Lipinski definition) is 1. The molecule has 1 amide bonds. The minimum absolute atomic E-state index is 0.128. The van der Waals surface area contributed by atoms with Crippen molar-refractivity contribution in [1.82, 2.24) is 5.32 Å². The van der Waals surface area contributed by atoms with E-state index in [2.05, 4.69) is 5.32 Å². The summed E-state index contributed by atoms with van der Waals surface area (Å²) in [7, 11) is -1.93. The Morgan fingerprint density at radius 2 is 1.65 bits per heavy atom. The molecule has 0 saturated heterocycles. The molecule has 0 aromatic heterocycles. The van der Waals surface area contributed by atoms with Crippen LogP contribution >= 0.6 is 0 Å². The van der Waals surface area contributed by atoms with Crippen LogP contribution in [-0.2, 0) is 14.8 Å². The number of carbonyl (C=O) groups excluding carboxylic acids is 1. The van der Waals surface area contributed by atoms with Gasteiger partial charge in [-0.2, -0.15) is 0 Å². The summed E-state index contributed by atoms with van der Waals surface area (Å²) in [5, 5.41) is 2.65. The van der Waals surface area contributed by atoms with Gasteiger partial charge in [0.15, 0.2) is 18.1 Å². The standard InChI is InChI=1S/C18H22N2O5S/c1-24-16-10-6-7-11-17(16)25-14-18(21)19-12-13-20(26(2,22)23)15-8-4-3-5-9-15/h3-11H,12-14H2,1-2H3,(H,19,21). The molecular weight excluding hydrogens is 356 g/mol. The molecule has 2 aromatic rings. The van der Waals surface area contributed by atoms with Crippen LogP contribution in [0.5, 0.6) is 11.5 Å². The van der Waals surface area contributed by atoms with E-state index in [9.17, 15) is 13.2 Å². The van der Waals surface area contributed by atoms with Gasteiger partial charge in [-0.1, -0.05) is 30.3 Å². The number of rotatable bonds is 9. The fraction of sp³-hybridized carbons (Fsp3) is 0.278. The van der Waals surface area contributed by atoms with Crippen molar-refractivity contribution in [2.45, 2.75) is 0 Å². The van der Waals surface area contributed by atoms with Crippen molar-refractivity contribution in [1.29, 1.82) is 0 Å². The summed E-state index contributed by atoms with van der Waals surface area (Å²) >= 11 is 0. The van der Waals surface area contributed by atoms with Gasteiger partial charge in [-0.05, 0) is 24.3 Å². The molecule has 0 aliphatic carbocycles. The molecule has 7 nitrogen and oxygen atoms in total. The number of benzene rings is 2. The zero-order valence-corrected chi connectivity index (χ0v) is 15.5. The first-order valence-electron chi connectivity index (χ1n) is 7.97. The van der Waals surface area contributed by atoms with Crippen LogP contribution in [0.4, 0.5) is 5.69 Å². The monoisotopic (exact) mass is 378 g/mol. The van der Waals surface area contributed by atoms with Crippen molar-refractivity contribution in [3.8, 4) is 11.5 Å². The number of amides is 1. The van der Waals surface area contributed by atoms with E-state index in [1.165, 1.54) is 11.4 Å². The number of anilines is 1. The first kappa shape index (κ1) is 19.6. The lowest BCUT2D eigenvalue weighted by Crippen LogP contribution is -2.39. The molecule has 0 radical (unpaired) electrons. The highest BCUT2D eigenvalue weighted by Crippen LogP contribution is 2.25. The van der Waals surface area contributed by atoms with E-state index in [0.29, 0.717) is 17.2 Å². The van der Waals surface area contributed by atoms with Crippen molar-refractivity contribution in [3.63, 3.8) is 0 Å². The highest BCUT2D eigenvalue weighted by atomic mass is 32.2. The summed E-state index contributed by atoms with van der Waals surface area (Å²) < 4.78 is 35.7. The predicted octanol–water partition coefficient (Wildman–Crippen LogP) is 1.66. The van der Waals surface area contributed by atoms with Crippen molar-refractivity contribution >= 4 is 21.6 Å². The SMILES string of the molecule is COc1ccccc1OCC(=O)NCCN(c1ccccc1)S(C)(=O)=O. The summed E-state index contributed by atoms with van der Waals surface area (Å²) in [6.07, 6.45) is 1.13. The van der Waals surface area contributed by atoms with Crippen molar-refractivity contribution in [2.24, 2.45) is 0 Å². The van der Waals surface area contributed by atoms with Gasteiger partial charge in [-0.15, -0.1) is 0 Å². The van der Waals surface area contributed by atoms with Crippen LogP contribution in [0.25, 0.3) is 0 Å². The fourth-order valence-electron chi connectivity index (χ4n) is 2.31. The van der Waals surface area contributed by atoms with Gasteiger partial charge in [0.05, 0.1) is 25.6 Å². The second-order valence-electron chi connectivity index (χ2n) is 5.46. The molecule has 0 spiro atoms. The molecule has 0 atom stereocenters. The van der Waals surface area contributed by atoms with E-state index in [4.69, 9.17) is 9.47 Å². The smallest absolute Gasteiger partial charge is 0.258 e. The average Bonchev–Trinajstić information content (AvgIpc) is 2.63. The second-order valence-corrected chi connectivity index (χ2v) is 7.37. The third-order valence-electron chi connectivity index (χ3n) is 3.51. The van der Waals surface area contributed by atoms with Crippen LogP contribution in [0.1, 0.15) is 0 Å². The number of ether oxygens (including phenoxy) is 2. The molecule has 2 aromatic carbocycles. The molecule has 0 bridgehead atoms. The molecule has 26 heavy (non-hydrogen) atoms. The fourth-order valence-corrected chi connectivity index (χ4v) is 3.24. The number of methoxy groups -OCH3 is 1. The van der Waals surface area contributed by atoms with Crippen LogP contribution < -0.4 is 19.1 Å². The molecule has 0 fully saturated rings. The minimum atomic E-state index is -3.45.